The van der Waals surface area contributed by atoms with E-state index in [-0.39, 0.29) is 29.9 Å². The lowest BCUT2D eigenvalue weighted by molar-refractivity contribution is -0.385. The van der Waals surface area contributed by atoms with Gasteiger partial charge in [0.05, 0.1) is 24.2 Å². The zero-order chi connectivity index (χ0) is 21.0. The first-order valence-electron chi connectivity index (χ1n) is 9.47. The van der Waals surface area contributed by atoms with Crippen molar-refractivity contribution in [3.05, 3.63) is 56.4 Å². The summed E-state index contributed by atoms with van der Waals surface area (Å²) in [7, 11) is 0. The fourth-order valence-corrected chi connectivity index (χ4v) is 3.70. The minimum Gasteiger partial charge on any atom is -0.379 e. The SMILES string of the molecule is CC(C)c1[nH]nc(C(=O)NC[C@@H](c2ccccc2Cl)N2CCOCC2)c1[N+](=O)[O-]. The van der Waals surface area contributed by atoms with Gasteiger partial charge in [-0.3, -0.25) is 24.9 Å². The third kappa shape index (κ3) is 4.75. The van der Waals surface area contributed by atoms with Crippen molar-refractivity contribution in [2.75, 3.05) is 32.8 Å². The van der Waals surface area contributed by atoms with Crippen LogP contribution in [0.15, 0.2) is 24.3 Å². The van der Waals surface area contributed by atoms with Crippen molar-refractivity contribution in [2.45, 2.75) is 25.8 Å². The maximum Gasteiger partial charge on any atom is 0.323 e. The lowest BCUT2D eigenvalue weighted by Crippen LogP contribution is -2.44. The number of nitrogens with one attached hydrogen (secondary N) is 2. The number of morpholine rings is 1. The highest BCUT2D eigenvalue weighted by Crippen LogP contribution is 2.29. The summed E-state index contributed by atoms with van der Waals surface area (Å²) in [6, 6.07) is 7.28. The highest BCUT2D eigenvalue weighted by Gasteiger charge is 2.31. The Morgan fingerprint density at radius 1 is 1.38 bits per heavy atom. The van der Waals surface area contributed by atoms with Crippen molar-refractivity contribution in [1.82, 2.24) is 20.4 Å². The minimum atomic E-state index is -0.592. The van der Waals surface area contributed by atoms with Gasteiger partial charge in [0, 0.05) is 30.6 Å². The molecule has 10 heteroatoms. The molecule has 1 amide bonds. The summed E-state index contributed by atoms with van der Waals surface area (Å²) < 4.78 is 5.43. The van der Waals surface area contributed by atoms with E-state index in [0.717, 1.165) is 5.56 Å². The van der Waals surface area contributed by atoms with Gasteiger partial charge in [0.15, 0.2) is 0 Å². The summed E-state index contributed by atoms with van der Waals surface area (Å²) >= 11 is 6.40. The van der Waals surface area contributed by atoms with Gasteiger partial charge in [0.2, 0.25) is 5.69 Å². The van der Waals surface area contributed by atoms with Gasteiger partial charge in [-0.2, -0.15) is 5.10 Å². The second-order valence-electron chi connectivity index (χ2n) is 7.14. The van der Waals surface area contributed by atoms with Gasteiger partial charge in [-0.1, -0.05) is 43.6 Å². The van der Waals surface area contributed by atoms with Crippen LogP contribution in [-0.2, 0) is 4.74 Å². The van der Waals surface area contributed by atoms with Crippen molar-refractivity contribution in [3.8, 4) is 0 Å². The number of rotatable bonds is 7. The molecule has 1 atom stereocenters. The fraction of sp³-hybridized carbons (Fsp3) is 0.474. The average molecular weight is 422 g/mol. The summed E-state index contributed by atoms with van der Waals surface area (Å²) in [5, 5.41) is 21.4. The van der Waals surface area contributed by atoms with E-state index < -0.39 is 10.8 Å². The molecule has 0 radical (unpaired) electrons. The standard InChI is InChI=1S/C19H24ClN5O4/c1-12(2)16-18(25(27)28)17(23-22-16)19(26)21-11-15(24-7-9-29-10-8-24)13-5-3-4-6-14(13)20/h3-6,12,15H,7-11H2,1-2H3,(H,21,26)(H,22,23)/t15-/m0/s1. The zero-order valence-corrected chi connectivity index (χ0v) is 17.1. The van der Waals surface area contributed by atoms with Crippen LogP contribution in [0.4, 0.5) is 5.69 Å². The molecular weight excluding hydrogens is 398 g/mol. The van der Waals surface area contributed by atoms with Gasteiger partial charge in [-0.05, 0) is 11.6 Å². The Bertz CT molecular complexity index is 879. The molecule has 0 unspecified atom stereocenters. The summed E-state index contributed by atoms with van der Waals surface area (Å²) in [6.45, 7) is 6.43. The normalized spacial score (nSPS) is 16.0. The van der Waals surface area contributed by atoms with Gasteiger partial charge in [0.25, 0.3) is 5.91 Å². The van der Waals surface area contributed by atoms with Crippen molar-refractivity contribution in [2.24, 2.45) is 0 Å². The Balaban J connectivity index is 1.82. The zero-order valence-electron chi connectivity index (χ0n) is 16.4. The summed E-state index contributed by atoms with van der Waals surface area (Å²) in [5.74, 6) is -0.751. The lowest BCUT2D eigenvalue weighted by atomic mass is 10.0. The van der Waals surface area contributed by atoms with E-state index in [1.807, 2.05) is 18.2 Å². The highest BCUT2D eigenvalue weighted by molar-refractivity contribution is 6.31. The molecule has 0 aliphatic carbocycles. The number of amides is 1. The van der Waals surface area contributed by atoms with Crippen LogP contribution in [0.1, 0.15) is 47.6 Å². The molecule has 2 N–H and O–H groups in total. The molecule has 156 valence electrons. The molecule has 2 heterocycles. The molecule has 0 bridgehead atoms. The first-order chi connectivity index (χ1) is 13.9. The average Bonchev–Trinajstić information content (AvgIpc) is 3.16. The quantitative estimate of drug-likeness (QED) is 0.525. The number of aromatic nitrogens is 2. The van der Waals surface area contributed by atoms with Crippen LogP contribution in [0.5, 0.6) is 0 Å². The first kappa shape index (κ1) is 21.2. The first-order valence-corrected chi connectivity index (χ1v) is 9.85. The molecule has 3 rings (SSSR count). The third-order valence-corrected chi connectivity index (χ3v) is 5.29. The summed E-state index contributed by atoms with van der Waals surface area (Å²) in [6.07, 6.45) is 0. The predicted molar refractivity (Wildman–Crippen MR) is 108 cm³/mol. The van der Waals surface area contributed by atoms with Crippen molar-refractivity contribution < 1.29 is 14.5 Å². The Kier molecular flexibility index (Phi) is 6.83. The Hall–Kier alpha value is -2.49. The molecule has 0 spiro atoms. The predicted octanol–water partition coefficient (Wildman–Crippen LogP) is 2.90. The highest BCUT2D eigenvalue weighted by atomic mass is 35.5. The maximum atomic E-state index is 12.7. The van der Waals surface area contributed by atoms with Crippen molar-refractivity contribution >= 4 is 23.2 Å². The number of carbonyl (C=O) groups excluding carboxylic acids is 1. The monoisotopic (exact) mass is 421 g/mol. The van der Waals surface area contributed by atoms with E-state index in [2.05, 4.69) is 20.4 Å². The largest absolute Gasteiger partial charge is 0.379 e. The molecule has 0 saturated carbocycles. The van der Waals surface area contributed by atoms with Gasteiger partial charge < -0.3 is 10.1 Å². The molecule has 1 fully saturated rings. The number of hydrogen-bond donors (Lipinski definition) is 2. The van der Waals surface area contributed by atoms with Crippen LogP contribution in [0, 0.1) is 10.1 Å². The molecular formula is C19H24ClN5O4. The van der Waals surface area contributed by atoms with Gasteiger partial charge >= 0.3 is 5.69 Å². The van der Waals surface area contributed by atoms with Crippen LogP contribution >= 0.6 is 11.6 Å². The summed E-state index contributed by atoms with van der Waals surface area (Å²) in [4.78, 5) is 25.8. The van der Waals surface area contributed by atoms with Gasteiger partial charge in [-0.15, -0.1) is 0 Å². The van der Waals surface area contributed by atoms with Crippen molar-refractivity contribution in [1.29, 1.82) is 0 Å². The molecule has 29 heavy (non-hydrogen) atoms. The second-order valence-corrected chi connectivity index (χ2v) is 7.55. The van der Waals surface area contributed by atoms with E-state index in [1.165, 1.54) is 0 Å². The minimum absolute atomic E-state index is 0.159. The van der Waals surface area contributed by atoms with Gasteiger partial charge in [-0.25, -0.2) is 0 Å². The number of hydrogen-bond acceptors (Lipinski definition) is 6. The number of nitrogens with zero attached hydrogens (tertiary/aromatic N) is 3. The fourth-order valence-electron chi connectivity index (χ4n) is 3.44. The Morgan fingerprint density at radius 2 is 2.07 bits per heavy atom. The van der Waals surface area contributed by atoms with Crippen LogP contribution in [-0.4, -0.2) is 58.8 Å². The number of H-pyrrole nitrogens is 1. The number of nitro groups is 1. The van der Waals surface area contributed by atoms with E-state index >= 15 is 0 Å². The van der Waals surface area contributed by atoms with Crippen LogP contribution in [0.3, 0.4) is 0 Å². The molecule has 1 aromatic carbocycles. The second kappa shape index (κ2) is 9.34. The van der Waals surface area contributed by atoms with Crippen LogP contribution in [0.2, 0.25) is 5.02 Å². The number of benzene rings is 1. The molecule has 2 aromatic rings. The van der Waals surface area contributed by atoms with Crippen LogP contribution < -0.4 is 5.32 Å². The molecule has 1 aliphatic rings. The van der Waals surface area contributed by atoms with Gasteiger partial charge in [0.1, 0.15) is 5.69 Å². The smallest absolute Gasteiger partial charge is 0.323 e. The number of aromatic amines is 1. The van der Waals surface area contributed by atoms with E-state index in [9.17, 15) is 14.9 Å². The topological polar surface area (TPSA) is 113 Å². The Labute approximate surface area is 173 Å². The third-order valence-electron chi connectivity index (χ3n) is 4.95. The van der Waals surface area contributed by atoms with Crippen molar-refractivity contribution in [3.63, 3.8) is 0 Å². The summed E-state index contributed by atoms with van der Waals surface area (Å²) in [5.41, 5.74) is 0.725. The van der Waals surface area contributed by atoms with E-state index in [0.29, 0.717) is 37.0 Å². The Morgan fingerprint density at radius 3 is 2.69 bits per heavy atom. The molecule has 9 nitrogen and oxygen atoms in total. The number of ether oxygens (including phenoxy) is 1. The lowest BCUT2D eigenvalue weighted by Gasteiger charge is -2.35. The molecule has 1 saturated heterocycles. The molecule has 1 aliphatic heterocycles. The maximum absolute atomic E-state index is 12.7. The van der Waals surface area contributed by atoms with E-state index in [4.69, 9.17) is 16.3 Å². The van der Waals surface area contributed by atoms with E-state index in [1.54, 1.807) is 19.9 Å². The molecule has 1 aromatic heterocycles. The number of carbonyl (C=O) groups is 1. The van der Waals surface area contributed by atoms with Crippen LogP contribution in [0.25, 0.3) is 0 Å². The number of halogens is 1.